The predicted molar refractivity (Wildman–Crippen MR) is 82.1 cm³/mol. The van der Waals surface area contributed by atoms with Crippen LogP contribution in [-0.2, 0) is 6.42 Å². The lowest BCUT2D eigenvalue weighted by atomic mass is 10.1. The maximum absolute atomic E-state index is 5.87. The minimum atomic E-state index is 0.399. The predicted octanol–water partition coefficient (Wildman–Crippen LogP) is 4.24. The molecule has 2 aromatic rings. The van der Waals surface area contributed by atoms with E-state index in [2.05, 4.69) is 35.4 Å². The van der Waals surface area contributed by atoms with E-state index in [9.17, 15) is 0 Å². The average molecular weight is 296 g/mol. The lowest BCUT2D eigenvalue weighted by Crippen LogP contribution is -2.21. The molecule has 102 valence electrons. The zero-order valence-corrected chi connectivity index (χ0v) is 12.9. The quantitative estimate of drug-likeness (QED) is 0.896. The van der Waals surface area contributed by atoms with Crippen molar-refractivity contribution < 1.29 is 0 Å². The summed E-state index contributed by atoms with van der Waals surface area (Å²) in [7, 11) is 0. The van der Waals surface area contributed by atoms with Crippen molar-refractivity contribution in [2.24, 2.45) is 5.92 Å². The van der Waals surface area contributed by atoms with Gasteiger partial charge in [-0.25, -0.2) is 4.98 Å². The molecule has 0 aliphatic carbocycles. The van der Waals surface area contributed by atoms with Crippen LogP contribution < -0.4 is 5.32 Å². The minimum Gasteiger partial charge on any atom is -0.358 e. The van der Waals surface area contributed by atoms with E-state index in [4.69, 9.17) is 11.6 Å². The Bertz CT molecular complexity index is 522. The van der Waals surface area contributed by atoms with Gasteiger partial charge in [0.15, 0.2) is 0 Å². The van der Waals surface area contributed by atoms with Gasteiger partial charge in [0, 0.05) is 29.0 Å². The van der Waals surface area contributed by atoms with E-state index in [1.165, 1.54) is 17.1 Å². The number of aromatic nitrogens is 2. The van der Waals surface area contributed by atoms with Gasteiger partial charge >= 0.3 is 0 Å². The second-order valence-electron chi connectivity index (χ2n) is 5.00. The van der Waals surface area contributed by atoms with Crippen LogP contribution in [0.5, 0.6) is 0 Å². The van der Waals surface area contributed by atoms with Gasteiger partial charge in [-0.3, -0.25) is 0 Å². The summed E-state index contributed by atoms with van der Waals surface area (Å²) in [4.78, 5) is 4.51. The molecular weight excluding hydrogens is 278 g/mol. The Morgan fingerprint density at radius 1 is 1.21 bits per heavy atom. The summed E-state index contributed by atoms with van der Waals surface area (Å²) in [6.45, 7) is 6.53. The zero-order chi connectivity index (χ0) is 13.8. The number of nitrogens with one attached hydrogen (secondary N) is 1. The molecule has 0 saturated carbocycles. The number of rotatable bonds is 5. The first-order chi connectivity index (χ1) is 9.04. The molecule has 1 heterocycles. The summed E-state index contributed by atoms with van der Waals surface area (Å²) < 4.78 is 4.38. The van der Waals surface area contributed by atoms with Crippen molar-refractivity contribution in [3.05, 3.63) is 40.7 Å². The molecule has 2 rings (SSSR count). The Balaban J connectivity index is 1.99. The molecule has 3 nitrogen and oxygen atoms in total. The SMILES string of the molecule is CC(C)C(C)Nc1nc(Cc2ccc(Cl)cc2)ns1. The summed E-state index contributed by atoms with van der Waals surface area (Å²) in [5, 5.41) is 5.03. The molecule has 1 aromatic heterocycles. The largest absolute Gasteiger partial charge is 0.358 e. The van der Waals surface area contributed by atoms with E-state index < -0.39 is 0 Å². The van der Waals surface area contributed by atoms with Crippen LogP contribution in [0.2, 0.25) is 5.02 Å². The molecule has 1 N–H and O–H groups in total. The van der Waals surface area contributed by atoms with Crippen molar-refractivity contribution in [1.29, 1.82) is 0 Å². The van der Waals surface area contributed by atoms with Crippen molar-refractivity contribution in [2.45, 2.75) is 33.2 Å². The molecule has 0 radical (unpaired) electrons. The van der Waals surface area contributed by atoms with Crippen molar-refractivity contribution in [2.75, 3.05) is 5.32 Å². The highest BCUT2D eigenvalue weighted by Crippen LogP contribution is 2.18. The number of halogens is 1. The molecular formula is C14H18ClN3S. The van der Waals surface area contributed by atoms with E-state index in [1.807, 2.05) is 24.3 Å². The topological polar surface area (TPSA) is 37.8 Å². The molecule has 5 heteroatoms. The van der Waals surface area contributed by atoms with E-state index in [0.717, 1.165) is 22.4 Å². The Hall–Kier alpha value is -1.13. The number of anilines is 1. The van der Waals surface area contributed by atoms with Gasteiger partial charge in [-0.05, 0) is 30.5 Å². The minimum absolute atomic E-state index is 0.399. The number of benzene rings is 1. The fourth-order valence-electron chi connectivity index (χ4n) is 1.53. The Morgan fingerprint density at radius 2 is 1.89 bits per heavy atom. The van der Waals surface area contributed by atoms with E-state index in [-0.39, 0.29) is 0 Å². The molecule has 1 atom stereocenters. The molecule has 1 aromatic carbocycles. The van der Waals surface area contributed by atoms with Crippen molar-refractivity contribution in [1.82, 2.24) is 9.36 Å². The van der Waals surface area contributed by atoms with Gasteiger partial charge in [0.05, 0.1) is 0 Å². The first-order valence-corrected chi connectivity index (χ1v) is 7.53. The molecule has 0 bridgehead atoms. The van der Waals surface area contributed by atoms with Crippen LogP contribution in [0.25, 0.3) is 0 Å². The van der Waals surface area contributed by atoms with Crippen LogP contribution in [-0.4, -0.2) is 15.4 Å². The fraction of sp³-hybridized carbons (Fsp3) is 0.429. The van der Waals surface area contributed by atoms with Crippen molar-refractivity contribution >= 4 is 28.3 Å². The van der Waals surface area contributed by atoms with Gasteiger partial charge < -0.3 is 5.32 Å². The monoisotopic (exact) mass is 295 g/mol. The maximum Gasteiger partial charge on any atom is 0.202 e. The van der Waals surface area contributed by atoms with Gasteiger partial charge in [0.25, 0.3) is 0 Å². The highest BCUT2D eigenvalue weighted by Gasteiger charge is 2.10. The first kappa shape index (κ1) is 14.3. The van der Waals surface area contributed by atoms with E-state index >= 15 is 0 Å². The number of nitrogens with zero attached hydrogens (tertiary/aromatic N) is 2. The third-order valence-corrected chi connectivity index (χ3v) is 4.03. The molecule has 0 spiro atoms. The second-order valence-corrected chi connectivity index (χ2v) is 6.18. The normalized spacial score (nSPS) is 12.7. The molecule has 0 amide bonds. The van der Waals surface area contributed by atoms with Gasteiger partial charge in [-0.2, -0.15) is 4.37 Å². The smallest absolute Gasteiger partial charge is 0.202 e. The molecule has 0 saturated heterocycles. The van der Waals surface area contributed by atoms with Crippen molar-refractivity contribution in [3.63, 3.8) is 0 Å². The summed E-state index contributed by atoms with van der Waals surface area (Å²) in [5.41, 5.74) is 1.17. The van der Waals surface area contributed by atoms with Gasteiger partial charge in [-0.1, -0.05) is 37.6 Å². The van der Waals surface area contributed by atoms with Gasteiger partial charge in [0.2, 0.25) is 5.13 Å². The van der Waals surface area contributed by atoms with E-state index in [1.54, 1.807) is 0 Å². The Labute approximate surface area is 123 Å². The standard InChI is InChI=1S/C14H18ClN3S/c1-9(2)10(3)16-14-17-13(18-19-14)8-11-4-6-12(15)7-5-11/h4-7,9-10H,8H2,1-3H3,(H,16,17,18). The van der Waals surface area contributed by atoms with Gasteiger partial charge in [0.1, 0.15) is 5.82 Å². The lowest BCUT2D eigenvalue weighted by molar-refractivity contribution is 0.559. The summed E-state index contributed by atoms with van der Waals surface area (Å²) in [5.74, 6) is 1.43. The third kappa shape index (κ3) is 4.18. The van der Waals surface area contributed by atoms with Crippen LogP contribution >= 0.6 is 23.1 Å². The van der Waals surface area contributed by atoms with Crippen LogP contribution in [0, 0.1) is 5.92 Å². The molecule has 1 unspecified atom stereocenters. The second kappa shape index (κ2) is 6.35. The summed E-state index contributed by atoms with van der Waals surface area (Å²) in [6.07, 6.45) is 0.741. The summed E-state index contributed by atoms with van der Waals surface area (Å²) in [6, 6.07) is 8.20. The molecule has 0 aliphatic heterocycles. The van der Waals surface area contributed by atoms with E-state index in [0.29, 0.717) is 12.0 Å². The van der Waals surface area contributed by atoms with Gasteiger partial charge in [-0.15, -0.1) is 0 Å². The fourth-order valence-corrected chi connectivity index (χ4v) is 2.34. The lowest BCUT2D eigenvalue weighted by Gasteiger charge is -2.15. The zero-order valence-electron chi connectivity index (χ0n) is 11.4. The Kier molecular flexibility index (Phi) is 4.77. The van der Waals surface area contributed by atoms with Crippen LogP contribution in [0.15, 0.2) is 24.3 Å². The van der Waals surface area contributed by atoms with Crippen LogP contribution in [0.4, 0.5) is 5.13 Å². The maximum atomic E-state index is 5.87. The third-order valence-electron chi connectivity index (χ3n) is 3.09. The first-order valence-electron chi connectivity index (χ1n) is 6.38. The van der Waals surface area contributed by atoms with Crippen LogP contribution in [0.3, 0.4) is 0 Å². The summed E-state index contributed by atoms with van der Waals surface area (Å²) >= 11 is 7.29. The Morgan fingerprint density at radius 3 is 2.53 bits per heavy atom. The molecule has 19 heavy (non-hydrogen) atoms. The highest BCUT2D eigenvalue weighted by molar-refractivity contribution is 7.09. The number of hydrogen-bond acceptors (Lipinski definition) is 4. The number of hydrogen-bond donors (Lipinski definition) is 1. The van der Waals surface area contributed by atoms with Crippen LogP contribution in [0.1, 0.15) is 32.2 Å². The molecule has 0 fully saturated rings. The van der Waals surface area contributed by atoms with Crippen molar-refractivity contribution in [3.8, 4) is 0 Å². The highest BCUT2D eigenvalue weighted by atomic mass is 35.5. The molecule has 0 aliphatic rings. The average Bonchev–Trinajstić information content (AvgIpc) is 2.79.